The van der Waals surface area contributed by atoms with E-state index in [2.05, 4.69) is 46.0 Å². The third-order valence-corrected chi connectivity index (χ3v) is 7.40. The number of hydrogen-bond acceptors (Lipinski definition) is 5. The number of carbonyl (C=O) groups is 1. The molecule has 0 saturated carbocycles. The maximum Gasteiger partial charge on any atom is 0.228 e. The van der Waals surface area contributed by atoms with Gasteiger partial charge in [0.05, 0.1) is 12.1 Å². The Balaban J connectivity index is 1.25. The van der Waals surface area contributed by atoms with Crippen LogP contribution >= 0.6 is 11.3 Å². The Bertz CT molecular complexity index is 1050. The molecule has 2 aliphatic rings. The summed E-state index contributed by atoms with van der Waals surface area (Å²) in [4.78, 5) is 19.8. The lowest BCUT2D eigenvalue weighted by Crippen LogP contribution is -2.40. The number of piperidine rings is 1. The van der Waals surface area contributed by atoms with Crippen LogP contribution in [0.25, 0.3) is 10.6 Å². The average Bonchev–Trinajstić information content (AvgIpc) is 3.35. The van der Waals surface area contributed by atoms with Gasteiger partial charge in [0.25, 0.3) is 0 Å². The lowest BCUT2D eigenvalue weighted by molar-refractivity contribution is -0.131. The SMILES string of the molecule is Cc1ccc(-c2nc(CC(=O)N3CCCC(c4nnc5n4CCCCC5)C3)cs2)cc1. The highest BCUT2D eigenvalue weighted by Gasteiger charge is 2.29. The van der Waals surface area contributed by atoms with Crippen LogP contribution in [0.3, 0.4) is 0 Å². The van der Waals surface area contributed by atoms with Crippen LogP contribution in [0, 0.1) is 6.92 Å². The normalized spacial score (nSPS) is 19.1. The third kappa shape index (κ3) is 4.42. The van der Waals surface area contributed by atoms with Gasteiger partial charge in [-0.3, -0.25) is 4.79 Å². The molecule has 2 aliphatic heterocycles. The molecular formula is C24H29N5OS. The first kappa shape index (κ1) is 20.4. The Morgan fingerprint density at radius 1 is 1.10 bits per heavy atom. The highest BCUT2D eigenvalue weighted by molar-refractivity contribution is 7.13. The van der Waals surface area contributed by atoms with Crippen LogP contribution in [0.1, 0.15) is 60.9 Å². The van der Waals surface area contributed by atoms with E-state index < -0.39 is 0 Å². The molecule has 0 bridgehead atoms. The van der Waals surface area contributed by atoms with E-state index in [0.717, 1.165) is 66.8 Å². The first-order chi connectivity index (χ1) is 15.2. The number of hydrogen-bond donors (Lipinski definition) is 0. The number of aromatic nitrogens is 4. The van der Waals surface area contributed by atoms with Gasteiger partial charge in [0.2, 0.25) is 5.91 Å². The van der Waals surface area contributed by atoms with Crippen LogP contribution in [0.4, 0.5) is 0 Å². The highest BCUT2D eigenvalue weighted by atomic mass is 32.1. The molecule has 162 valence electrons. The third-order valence-electron chi connectivity index (χ3n) is 6.46. The summed E-state index contributed by atoms with van der Waals surface area (Å²) < 4.78 is 2.33. The van der Waals surface area contributed by atoms with Gasteiger partial charge in [-0.15, -0.1) is 21.5 Å². The van der Waals surface area contributed by atoms with Crippen molar-refractivity contribution in [1.29, 1.82) is 0 Å². The molecule has 1 fully saturated rings. The second-order valence-electron chi connectivity index (χ2n) is 8.80. The van der Waals surface area contributed by atoms with E-state index in [1.54, 1.807) is 11.3 Å². The van der Waals surface area contributed by atoms with E-state index in [1.807, 2.05) is 10.3 Å². The molecule has 0 radical (unpaired) electrons. The van der Waals surface area contributed by atoms with E-state index in [4.69, 9.17) is 4.98 Å². The van der Waals surface area contributed by atoms with Crippen LogP contribution in [-0.4, -0.2) is 43.6 Å². The molecule has 7 heteroatoms. The van der Waals surface area contributed by atoms with Crippen molar-refractivity contribution in [3.63, 3.8) is 0 Å². The topological polar surface area (TPSA) is 63.9 Å². The number of amides is 1. The van der Waals surface area contributed by atoms with Crippen LogP contribution in [0.2, 0.25) is 0 Å². The van der Waals surface area contributed by atoms with E-state index >= 15 is 0 Å². The Hall–Kier alpha value is -2.54. The molecule has 2 aromatic heterocycles. The van der Waals surface area contributed by atoms with Crippen LogP contribution in [0.5, 0.6) is 0 Å². The monoisotopic (exact) mass is 435 g/mol. The fourth-order valence-corrected chi connectivity index (χ4v) is 5.53. The molecule has 1 saturated heterocycles. The number of fused-ring (bicyclic) bond motifs is 1. The van der Waals surface area contributed by atoms with Gasteiger partial charge in [0.15, 0.2) is 0 Å². The molecule has 1 amide bonds. The Morgan fingerprint density at radius 3 is 2.84 bits per heavy atom. The van der Waals surface area contributed by atoms with E-state index in [-0.39, 0.29) is 11.8 Å². The van der Waals surface area contributed by atoms with Gasteiger partial charge in [-0.2, -0.15) is 0 Å². The Morgan fingerprint density at radius 2 is 1.97 bits per heavy atom. The van der Waals surface area contributed by atoms with Gasteiger partial charge in [0, 0.05) is 42.9 Å². The lowest BCUT2D eigenvalue weighted by Gasteiger charge is -2.32. The van der Waals surface area contributed by atoms with Crippen molar-refractivity contribution >= 4 is 17.2 Å². The molecule has 6 nitrogen and oxygen atoms in total. The second kappa shape index (κ2) is 8.91. The van der Waals surface area contributed by atoms with Gasteiger partial charge in [-0.05, 0) is 32.6 Å². The summed E-state index contributed by atoms with van der Waals surface area (Å²) in [6.07, 6.45) is 7.14. The predicted molar refractivity (Wildman–Crippen MR) is 122 cm³/mol. The second-order valence-corrected chi connectivity index (χ2v) is 9.66. The largest absolute Gasteiger partial charge is 0.342 e. The van der Waals surface area contributed by atoms with Crippen molar-refractivity contribution in [2.45, 2.75) is 64.3 Å². The van der Waals surface area contributed by atoms with Gasteiger partial charge in [-0.25, -0.2) is 4.98 Å². The molecule has 0 N–H and O–H groups in total. The van der Waals surface area contributed by atoms with E-state index in [0.29, 0.717) is 6.42 Å². The highest BCUT2D eigenvalue weighted by Crippen LogP contribution is 2.29. The maximum absolute atomic E-state index is 13.1. The molecule has 31 heavy (non-hydrogen) atoms. The smallest absolute Gasteiger partial charge is 0.228 e. The molecule has 0 aliphatic carbocycles. The van der Waals surface area contributed by atoms with E-state index in [9.17, 15) is 4.79 Å². The van der Waals surface area contributed by atoms with Crippen LogP contribution in [0.15, 0.2) is 29.6 Å². The van der Waals surface area contributed by atoms with Crippen molar-refractivity contribution in [3.05, 3.63) is 52.6 Å². The molecular weight excluding hydrogens is 406 g/mol. The minimum Gasteiger partial charge on any atom is -0.342 e. The molecule has 5 rings (SSSR count). The minimum absolute atomic E-state index is 0.168. The zero-order valence-corrected chi connectivity index (χ0v) is 18.9. The fourth-order valence-electron chi connectivity index (χ4n) is 4.71. The number of aryl methyl sites for hydroxylation is 2. The zero-order chi connectivity index (χ0) is 21.2. The summed E-state index contributed by atoms with van der Waals surface area (Å²) in [5, 5.41) is 12.0. The lowest BCUT2D eigenvalue weighted by atomic mass is 9.96. The average molecular weight is 436 g/mol. The molecule has 0 spiro atoms. The standard InChI is InChI=1S/C24H29N5OS/c1-17-8-10-18(11-9-17)24-25-20(16-31-24)14-22(30)28-12-5-6-19(15-28)23-27-26-21-7-3-2-4-13-29(21)23/h8-11,16,19H,2-7,12-15H2,1H3. The van der Waals surface area contributed by atoms with Crippen molar-refractivity contribution in [2.75, 3.05) is 13.1 Å². The van der Waals surface area contributed by atoms with Crippen molar-refractivity contribution in [2.24, 2.45) is 0 Å². The Labute approximate surface area is 187 Å². The Kier molecular flexibility index (Phi) is 5.85. The van der Waals surface area contributed by atoms with Crippen molar-refractivity contribution < 1.29 is 4.79 Å². The minimum atomic E-state index is 0.168. The first-order valence-corrected chi connectivity index (χ1v) is 12.3. The van der Waals surface area contributed by atoms with Gasteiger partial charge >= 0.3 is 0 Å². The summed E-state index contributed by atoms with van der Waals surface area (Å²) in [5.41, 5.74) is 3.21. The summed E-state index contributed by atoms with van der Waals surface area (Å²) in [7, 11) is 0. The van der Waals surface area contributed by atoms with Crippen molar-refractivity contribution in [3.8, 4) is 10.6 Å². The quantitative estimate of drug-likeness (QED) is 0.610. The molecule has 1 aromatic carbocycles. The predicted octanol–water partition coefficient (Wildman–Crippen LogP) is 4.39. The molecule has 3 aromatic rings. The maximum atomic E-state index is 13.1. The van der Waals surface area contributed by atoms with E-state index in [1.165, 1.54) is 24.8 Å². The van der Waals surface area contributed by atoms with Gasteiger partial charge in [0.1, 0.15) is 16.7 Å². The fraction of sp³-hybridized carbons (Fsp3) is 0.500. The summed E-state index contributed by atoms with van der Waals surface area (Å²) in [6.45, 7) is 4.67. The number of thiazole rings is 1. The molecule has 1 atom stereocenters. The number of nitrogens with zero attached hydrogens (tertiary/aromatic N) is 5. The number of benzene rings is 1. The van der Waals surface area contributed by atoms with Crippen LogP contribution < -0.4 is 0 Å². The number of likely N-dealkylation sites (tertiary alicyclic amines) is 1. The number of carbonyl (C=O) groups excluding carboxylic acids is 1. The zero-order valence-electron chi connectivity index (χ0n) is 18.1. The van der Waals surface area contributed by atoms with Gasteiger partial charge in [-0.1, -0.05) is 36.2 Å². The van der Waals surface area contributed by atoms with Gasteiger partial charge < -0.3 is 9.47 Å². The van der Waals surface area contributed by atoms with Crippen LogP contribution in [-0.2, 0) is 24.2 Å². The number of rotatable bonds is 4. The molecule has 1 unspecified atom stereocenters. The van der Waals surface area contributed by atoms with Crippen molar-refractivity contribution in [1.82, 2.24) is 24.6 Å². The molecule has 4 heterocycles. The summed E-state index contributed by atoms with van der Waals surface area (Å²) >= 11 is 1.61. The first-order valence-electron chi connectivity index (χ1n) is 11.4. The summed E-state index contributed by atoms with van der Waals surface area (Å²) in [6, 6.07) is 8.38. The summed E-state index contributed by atoms with van der Waals surface area (Å²) in [5.74, 6) is 2.67.